The van der Waals surface area contributed by atoms with Crippen molar-refractivity contribution in [2.24, 2.45) is 0 Å². The minimum absolute atomic E-state index is 0.315. The maximum Gasteiger partial charge on any atom is 0.340 e. The van der Waals surface area contributed by atoms with Gasteiger partial charge in [0.05, 0.1) is 23.4 Å². The van der Waals surface area contributed by atoms with E-state index in [1.165, 1.54) is 11.8 Å². The Kier molecular flexibility index (Phi) is 5.84. The topological polar surface area (TPSA) is 63.0 Å². The fraction of sp³-hybridized carbons (Fsp3) is 0.500. The highest BCUT2D eigenvalue weighted by Crippen LogP contribution is 2.27. The van der Waals surface area contributed by atoms with Crippen molar-refractivity contribution in [3.05, 3.63) is 22.4 Å². The van der Waals surface area contributed by atoms with Crippen LogP contribution in [0.1, 0.15) is 47.4 Å². The van der Waals surface area contributed by atoms with E-state index < -0.39 is 0 Å². The Labute approximate surface area is 118 Å². The number of nitrogens with zero attached hydrogens (tertiary/aromatic N) is 2. The number of rotatable bonds is 5. The normalized spacial score (nSPS) is 10.1. The molecule has 0 aromatic carbocycles. The van der Waals surface area contributed by atoms with Gasteiger partial charge in [-0.05, 0) is 32.1 Å². The highest BCUT2D eigenvalue weighted by atomic mass is 32.2. The number of hydrogen-bond donors (Lipinski definition) is 0. The van der Waals surface area contributed by atoms with Crippen molar-refractivity contribution in [2.75, 3.05) is 12.9 Å². The van der Waals surface area contributed by atoms with Gasteiger partial charge in [-0.25, -0.2) is 9.78 Å². The summed E-state index contributed by atoms with van der Waals surface area (Å²) in [5.74, 6) is -0.389. The first kappa shape index (κ1) is 15.5. The van der Waals surface area contributed by atoms with Crippen LogP contribution in [0.3, 0.4) is 0 Å². The van der Waals surface area contributed by atoms with E-state index in [2.05, 4.69) is 11.1 Å². The van der Waals surface area contributed by atoms with E-state index in [9.17, 15) is 10.1 Å². The van der Waals surface area contributed by atoms with Gasteiger partial charge in [-0.3, -0.25) is 0 Å². The van der Waals surface area contributed by atoms with Crippen molar-refractivity contribution in [3.63, 3.8) is 0 Å². The second kappa shape index (κ2) is 7.15. The number of nitriles is 1. The molecule has 0 unspecified atom stereocenters. The van der Waals surface area contributed by atoms with E-state index in [4.69, 9.17) is 4.74 Å². The molecule has 102 valence electrons. The molecule has 4 nitrogen and oxygen atoms in total. The van der Waals surface area contributed by atoms with Gasteiger partial charge in [0.25, 0.3) is 0 Å². The Balaban J connectivity index is 3.52. The zero-order valence-electron chi connectivity index (χ0n) is 11.7. The zero-order chi connectivity index (χ0) is 14.4. The molecule has 5 heteroatoms. The lowest BCUT2D eigenvalue weighted by atomic mass is 9.98. The van der Waals surface area contributed by atoms with Crippen molar-refractivity contribution in [1.29, 1.82) is 5.26 Å². The summed E-state index contributed by atoms with van der Waals surface area (Å²) in [4.78, 5) is 16.4. The summed E-state index contributed by atoms with van der Waals surface area (Å²) in [6, 6.07) is 2.17. The van der Waals surface area contributed by atoms with Crippen LogP contribution in [-0.2, 0) is 11.2 Å². The number of ether oxygens (including phenoxy) is 1. The van der Waals surface area contributed by atoms with E-state index in [0.29, 0.717) is 34.9 Å². The molecule has 0 aliphatic rings. The van der Waals surface area contributed by atoms with Crippen LogP contribution in [0.15, 0.2) is 5.03 Å². The minimum atomic E-state index is -0.389. The van der Waals surface area contributed by atoms with Gasteiger partial charge in [0.15, 0.2) is 0 Å². The Bertz CT molecular complexity index is 521. The standard InChI is InChI=1S/C14H18N2O2S/c1-5-7-10-11(8-15)13(19-4)16-9(3)12(10)14(17)18-6-2/h5-7H2,1-4H3. The van der Waals surface area contributed by atoms with Crippen LogP contribution in [0.2, 0.25) is 0 Å². The first-order valence-corrected chi connectivity index (χ1v) is 7.47. The van der Waals surface area contributed by atoms with Crippen LogP contribution in [0.5, 0.6) is 0 Å². The predicted octanol–water partition coefficient (Wildman–Crippen LogP) is 3.11. The molecule has 0 radical (unpaired) electrons. The maximum atomic E-state index is 12.1. The zero-order valence-corrected chi connectivity index (χ0v) is 12.6. The van der Waals surface area contributed by atoms with Gasteiger partial charge in [-0.2, -0.15) is 5.26 Å². The summed E-state index contributed by atoms with van der Waals surface area (Å²) in [6.07, 6.45) is 3.41. The van der Waals surface area contributed by atoms with E-state index in [0.717, 1.165) is 12.0 Å². The Hall–Kier alpha value is -1.54. The average molecular weight is 278 g/mol. The third kappa shape index (κ3) is 3.27. The van der Waals surface area contributed by atoms with Crippen molar-refractivity contribution in [3.8, 4) is 6.07 Å². The van der Waals surface area contributed by atoms with Gasteiger partial charge in [-0.15, -0.1) is 11.8 Å². The average Bonchev–Trinajstić information content (AvgIpc) is 2.38. The molecule has 0 spiro atoms. The van der Waals surface area contributed by atoms with Crippen LogP contribution in [0.4, 0.5) is 0 Å². The molecule has 0 saturated heterocycles. The van der Waals surface area contributed by atoms with Crippen LogP contribution >= 0.6 is 11.8 Å². The molecule has 0 aliphatic heterocycles. The summed E-state index contributed by atoms with van der Waals surface area (Å²) in [6.45, 7) is 5.88. The number of aromatic nitrogens is 1. The van der Waals surface area contributed by atoms with Crippen LogP contribution in [0.25, 0.3) is 0 Å². The van der Waals surface area contributed by atoms with Crippen LogP contribution in [0, 0.1) is 18.3 Å². The van der Waals surface area contributed by atoms with E-state index in [1.807, 2.05) is 13.2 Å². The summed E-state index contributed by atoms with van der Waals surface area (Å²) in [5.41, 5.74) is 2.35. The molecular weight excluding hydrogens is 260 g/mol. The van der Waals surface area contributed by atoms with Crippen molar-refractivity contribution in [1.82, 2.24) is 4.98 Å². The van der Waals surface area contributed by atoms with E-state index >= 15 is 0 Å². The molecule has 1 rings (SSSR count). The number of carbonyl (C=O) groups is 1. The fourth-order valence-corrected chi connectivity index (χ4v) is 2.57. The largest absolute Gasteiger partial charge is 0.462 e. The summed E-state index contributed by atoms with van der Waals surface area (Å²) in [5, 5.41) is 10.0. The first-order valence-electron chi connectivity index (χ1n) is 6.25. The van der Waals surface area contributed by atoms with E-state index in [1.54, 1.807) is 13.8 Å². The lowest BCUT2D eigenvalue weighted by Gasteiger charge is -2.14. The monoisotopic (exact) mass is 278 g/mol. The number of aryl methyl sites for hydroxylation is 1. The second-order valence-corrected chi connectivity index (χ2v) is 4.81. The van der Waals surface area contributed by atoms with Crippen LogP contribution in [-0.4, -0.2) is 23.8 Å². The molecule has 19 heavy (non-hydrogen) atoms. The molecule has 0 aliphatic carbocycles. The van der Waals surface area contributed by atoms with Gasteiger partial charge >= 0.3 is 5.97 Å². The van der Waals surface area contributed by atoms with Gasteiger partial charge < -0.3 is 4.74 Å². The highest BCUT2D eigenvalue weighted by Gasteiger charge is 2.22. The van der Waals surface area contributed by atoms with Gasteiger partial charge in [0.1, 0.15) is 11.1 Å². The summed E-state index contributed by atoms with van der Waals surface area (Å²) < 4.78 is 5.07. The van der Waals surface area contributed by atoms with Crippen molar-refractivity contribution < 1.29 is 9.53 Å². The molecule has 0 saturated carbocycles. The smallest absolute Gasteiger partial charge is 0.340 e. The SMILES string of the molecule is CCCc1c(C#N)c(SC)nc(C)c1C(=O)OCC. The fourth-order valence-electron chi connectivity index (χ4n) is 1.97. The second-order valence-electron chi connectivity index (χ2n) is 4.02. The molecule has 0 atom stereocenters. The molecule has 0 amide bonds. The molecule has 0 fully saturated rings. The lowest BCUT2D eigenvalue weighted by Crippen LogP contribution is -2.14. The molecule has 1 heterocycles. The third-order valence-electron chi connectivity index (χ3n) is 2.73. The van der Waals surface area contributed by atoms with E-state index in [-0.39, 0.29) is 5.97 Å². The Morgan fingerprint density at radius 1 is 1.47 bits per heavy atom. The number of pyridine rings is 1. The Morgan fingerprint density at radius 3 is 2.63 bits per heavy atom. The molecular formula is C14H18N2O2S. The molecule has 0 N–H and O–H groups in total. The number of hydrogen-bond acceptors (Lipinski definition) is 5. The van der Waals surface area contributed by atoms with Gasteiger partial charge in [-0.1, -0.05) is 13.3 Å². The third-order valence-corrected chi connectivity index (χ3v) is 3.42. The Morgan fingerprint density at radius 2 is 2.16 bits per heavy atom. The number of thioether (sulfide) groups is 1. The predicted molar refractivity (Wildman–Crippen MR) is 75.4 cm³/mol. The summed E-state index contributed by atoms with van der Waals surface area (Å²) in [7, 11) is 0. The molecule has 0 bridgehead atoms. The summed E-state index contributed by atoms with van der Waals surface area (Å²) >= 11 is 1.42. The quantitative estimate of drug-likeness (QED) is 0.611. The van der Waals surface area contributed by atoms with Crippen molar-refractivity contribution >= 4 is 17.7 Å². The molecule has 1 aromatic rings. The van der Waals surface area contributed by atoms with Gasteiger partial charge in [0.2, 0.25) is 0 Å². The van der Waals surface area contributed by atoms with Crippen LogP contribution < -0.4 is 0 Å². The molecule has 1 aromatic heterocycles. The minimum Gasteiger partial charge on any atom is -0.462 e. The van der Waals surface area contributed by atoms with Gasteiger partial charge in [0, 0.05) is 0 Å². The number of esters is 1. The maximum absolute atomic E-state index is 12.1. The highest BCUT2D eigenvalue weighted by molar-refractivity contribution is 7.98. The van der Waals surface area contributed by atoms with Crippen molar-refractivity contribution in [2.45, 2.75) is 38.6 Å². The first-order chi connectivity index (χ1) is 9.10. The number of carbonyl (C=O) groups excluding carboxylic acids is 1. The lowest BCUT2D eigenvalue weighted by molar-refractivity contribution is 0.0523.